The third kappa shape index (κ3) is 2.90. The van der Waals surface area contributed by atoms with Crippen LogP contribution in [-0.2, 0) is 0 Å². The number of hydrogen-bond donors (Lipinski definition) is 1. The zero-order chi connectivity index (χ0) is 20.7. The molecule has 0 spiro atoms. The van der Waals surface area contributed by atoms with Crippen LogP contribution in [0.2, 0.25) is 0 Å². The molecule has 1 aliphatic carbocycles. The molecule has 0 saturated heterocycles. The third-order valence-electron chi connectivity index (χ3n) is 4.61. The number of nitrogens with zero attached hydrogens (tertiary/aromatic N) is 2. The summed E-state index contributed by atoms with van der Waals surface area (Å²) in [5, 5.41) is 25.1. The Morgan fingerprint density at radius 2 is 1.34 bits per heavy atom. The highest BCUT2D eigenvalue weighted by Gasteiger charge is 2.32. The number of nitro groups is 2. The molecule has 9 nitrogen and oxygen atoms in total. The van der Waals surface area contributed by atoms with Crippen molar-refractivity contribution < 1.29 is 19.4 Å². The molecule has 3 aromatic rings. The van der Waals surface area contributed by atoms with Crippen LogP contribution < -0.4 is 5.32 Å². The first-order chi connectivity index (χ1) is 13.9. The molecule has 4 rings (SSSR count). The number of carbonyl (C=O) groups excluding carboxylic acids is 2. The number of non-ortho nitro benzene ring substituents is 1. The Hall–Kier alpha value is -4.40. The number of ketones is 2. The molecule has 142 valence electrons. The summed E-state index contributed by atoms with van der Waals surface area (Å²) in [6.45, 7) is 0. The van der Waals surface area contributed by atoms with E-state index in [0.717, 1.165) is 12.1 Å². The van der Waals surface area contributed by atoms with E-state index in [2.05, 4.69) is 5.32 Å². The average Bonchev–Trinajstić information content (AvgIpc) is 2.72. The SMILES string of the molecule is O=C1c2ccccc2C(=O)c2c(Nc3ccc([N+](=O)[O-])cc3[N+](=O)[O-])cccc21. The van der Waals surface area contributed by atoms with Crippen molar-refractivity contribution in [1.82, 2.24) is 0 Å². The highest BCUT2D eigenvalue weighted by Crippen LogP contribution is 2.36. The normalized spacial score (nSPS) is 12.1. The molecule has 0 fully saturated rings. The Bertz CT molecular complexity index is 1230. The van der Waals surface area contributed by atoms with E-state index in [1.165, 1.54) is 18.2 Å². The molecule has 0 aliphatic heterocycles. The number of carbonyl (C=O) groups is 2. The van der Waals surface area contributed by atoms with E-state index < -0.39 is 21.2 Å². The zero-order valence-corrected chi connectivity index (χ0v) is 14.6. The maximum Gasteiger partial charge on any atom is 0.299 e. The van der Waals surface area contributed by atoms with Gasteiger partial charge in [0.05, 0.1) is 27.2 Å². The first-order valence-corrected chi connectivity index (χ1v) is 8.40. The summed E-state index contributed by atoms with van der Waals surface area (Å²) in [5.41, 5.74) is 0.0396. The standard InChI is InChI=1S/C20H11N3O6/c24-19-12-4-1-2-5-13(12)20(25)18-14(19)6-3-7-16(18)21-15-9-8-11(22(26)27)10-17(15)23(28)29/h1-10,21H. The van der Waals surface area contributed by atoms with Gasteiger partial charge in [-0.05, 0) is 12.1 Å². The number of rotatable bonds is 4. The topological polar surface area (TPSA) is 132 Å². The minimum Gasteiger partial charge on any atom is -0.349 e. The molecule has 0 heterocycles. The fourth-order valence-electron chi connectivity index (χ4n) is 3.28. The van der Waals surface area contributed by atoms with Gasteiger partial charge < -0.3 is 5.32 Å². The van der Waals surface area contributed by atoms with E-state index in [4.69, 9.17) is 0 Å². The lowest BCUT2D eigenvalue weighted by Crippen LogP contribution is -2.22. The summed E-state index contributed by atoms with van der Waals surface area (Å²) in [6.07, 6.45) is 0. The van der Waals surface area contributed by atoms with Crippen molar-refractivity contribution in [2.75, 3.05) is 5.32 Å². The van der Waals surface area contributed by atoms with Crippen LogP contribution in [0.4, 0.5) is 22.7 Å². The highest BCUT2D eigenvalue weighted by molar-refractivity contribution is 6.30. The summed E-state index contributed by atoms with van der Waals surface area (Å²) in [7, 11) is 0. The van der Waals surface area contributed by atoms with Gasteiger partial charge in [-0.15, -0.1) is 0 Å². The predicted molar refractivity (Wildman–Crippen MR) is 103 cm³/mol. The molecule has 9 heteroatoms. The van der Waals surface area contributed by atoms with Gasteiger partial charge in [0.1, 0.15) is 5.69 Å². The lowest BCUT2D eigenvalue weighted by Gasteiger charge is -2.20. The molecule has 0 unspecified atom stereocenters. The van der Waals surface area contributed by atoms with Gasteiger partial charge in [0.2, 0.25) is 0 Å². The van der Waals surface area contributed by atoms with Crippen molar-refractivity contribution in [1.29, 1.82) is 0 Å². The van der Waals surface area contributed by atoms with E-state index in [-0.39, 0.29) is 39.6 Å². The molecule has 0 bridgehead atoms. The summed E-state index contributed by atoms with van der Waals surface area (Å²) in [5.74, 6) is -0.708. The fourth-order valence-corrected chi connectivity index (χ4v) is 3.28. The van der Waals surface area contributed by atoms with Gasteiger partial charge in [-0.3, -0.25) is 29.8 Å². The molecule has 0 amide bonds. The quantitative estimate of drug-likeness (QED) is 0.412. The Balaban J connectivity index is 1.84. The van der Waals surface area contributed by atoms with Gasteiger partial charge in [-0.25, -0.2) is 0 Å². The lowest BCUT2D eigenvalue weighted by atomic mass is 9.83. The van der Waals surface area contributed by atoms with Gasteiger partial charge in [0.15, 0.2) is 11.6 Å². The van der Waals surface area contributed by atoms with Crippen LogP contribution in [0.5, 0.6) is 0 Å². The number of anilines is 2. The zero-order valence-electron chi connectivity index (χ0n) is 14.6. The second kappa shape index (κ2) is 6.64. The van der Waals surface area contributed by atoms with Crippen molar-refractivity contribution in [3.8, 4) is 0 Å². The van der Waals surface area contributed by atoms with Gasteiger partial charge in [0.25, 0.3) is 11.4 Å². The molecule has 1 aliphatic rings. The van der Waals surface area contributed by atoms with E-state index in [9.17, 15) is 29.8 Å². The van der Waals surface area contributed by atoms with Crippen molar-refractivity contribution in [3.63, 3.8) is 0 Å². The Morgan fingerprint density at radius 1 is 0.690 bits per heavy atom. The van der Waals surface area contributed by atoms with E-state index >= 15 is 0 Å². The number of nitro benzene ring substituents is 2. The lowest BCUT2D eigenvalue weighted by molar-refractivity contribution is -0.393. The summed E-state index contributed by atoms with van der Waals surface area (Å²) in [6, 6.07) is 14.2. The van der Waals surface area contributed by atoms with E-state index in [1.807, 2.05) is 0 Å². The fraction of sp³-hybridized carbons (Fsp3) is 0. The number of hydrogen-bond acceptors (Lipinski definition) is 7. The van der Waals surface area contributed by atoms with Gasteiger partial charge in [-0.2, -0.15) is 0 Å². The van der Waals surface area contributed by atoms with Crippen LogP contribution in [0.3, 0.4) is 0 Å². The average molecular weight is 389 g/mol. The molecule has 0 aromatic heterocycles. The Kier molecular flexibility index (Phi) is 4.12. The van der Waals surface area contributed by atoms with E-state index in [0.29, 0.717) is 5.56 Å². The first-order valence-electron chi connectivity index (χ1n) is 8.40. The molecule has 1 N–H and O–H groups in total. The maximum absolute atomic E-state index is 13.0. The molecule has 3 aromatic carbocycles. The Morgan fingerprint density at radius 3 is 2.00 bits per heavy atom. The van der Waals surface area contributed by atoms with E-state index in [1.54, 1.807) is 30.3 Å². The predicted octanol–water partition coefficient (Wildman–Crippen LogP) is 4.02. The van der Waals surface area contributed by atoms with Crippen LogP contribution in [0, 0.1) is 20.2 Å². The number of fused-ring (bicyclic) bond motifs is 2. The Labute approximate surface area is 162 Å². The van der Waals surface area contributed by atoms with Crippen LogP contribution in [0.1, 0.15) is 31.8 Å². The van der Waals surface area contributed by atoms with Gasteiger partial charge in [0, 0.05) is 22.8 Å². The molecule has 0 radical (unpaired) electrons. The molecule has 29 heavy (non-hydrogen) atoms. The summed E-state index contributed by atoms with van der Waals surface area (Å²) in [4.78, 5) is 46.6. The van der Waals surface area contributed by atoms with Crippen molar-refractivity contribution >= 4 is 34.3 Å². The summed E-state index contributed by atoms with van der Waals surface area (Å²) < 4.78 is 0. The monoisotopic (exact) mass is 389 g/mol. The number of nitrogens with one attached hydrogen (secondary N) is 1. The van der Waals surface area contributed by atoms with Crippen molar-refractivity contribution in [3.05, 3.63) is 103 Å². The third-order valence-corrected chi connectivity index (χ3v) is 4.61. The maximum atomic E-state index is 13.0. The van der Waals surface area contributed by atoms with Crippen LogP contribution in [0.25, 0.3) is 0 Å². The highest BCUT2D eigenvalue weighted by atomic mass is 16.6. The first kappa shape index (κ1) is 18.0. The van der Waals surface area contributed by atoms with Crippen LogP contribution in [-0.4, -0.2) is 21.4 Å². The van der Waals surface area contributed by atoms with Crippen molar-refractivity contribution in [2.45, 2.75) is 0 Å². The molecular formula is C20H11N3O6. The largest absolute Gasteiger partial charge is 0.349 e. The smallest absolute Gasteiger partial charge is 0.299 e. The summed E-state index contributed by atoms with van der Waals surface area (Å²) >= 11 is 0. The second-order valence-electron chi connectivity index (χ2n) is 6.27. The van der Waals surface area contributed by atoms with Crippen molar-refractivity contribution in [2.24, 2.45) is 0 Å². The van der Waals surface area contributed by atoms with Crippen LogP contribution in [0.15, 0.2) is 60.7 Å². The van der Waals surface area contributed by atoms with Crippen LogP contribution >= 0.6 is 0 Å². The second-order valence-corrected chi connectivity index (χ2v) is 6.27. The molecular weight excluding hydrogens is 378 g/mol. The number of benzene rings is 3. The molecule has 0 atom stereocenters. The molecule has 0 saturated carbocycles. The van der Waals surface area contributed by atoms with Gasteiger partial charge in [-0.1, -0.05) is 36.4 Å². The minimum absolute atomic E-state index is 0.0342. The minimum atomic E-state index is -0.757. The van der Waals surface area contributed by atoms with Gasteiger partial charge >= 0.3 is 0 Å².